The molecule has 8 nitrogen and oxygen atoms in total. The molecule has 3 rings (SSSR count). The minimum Gasteiger partial charge on any atom is -0.496 e. The van der Waals surface area contributed by atoms with Gasteiger partial charge in [0.2, 0.25) is 5.91 Å². The predicted octanol–water partition coefficient (Wildman–Crippen LogP) is 2.06. The molecule has 2 atom stereocenters. The number of rotatable bonds is 4. The molecule has 0 aliphatic carbocycles. The van der Waals surface area contributed by atoms with Gasteiger partial charge in [-0.25, -0.2) is 4.68 Å². The number of hydrogen-bond donors (Lipinski definition) is 3. The molecule has 9 heteroatoms. The summed E-state index contributed by atoms with van der Waals surface area (Å²) in [7, 11) is 1.48. The Kier molecular flexibility index (Phi) is 5.15. The number of methoxy groups -OCH3 is 1. The molecule has 2 amide bonds. The fraction of sp³-hybridized carbons (Fsp3) is 0.353. The zero-order chi connectivity index (χ0) is 18.8. The molecule has 1 saturated heterocycles. The summed E-state index contributed by atoms with van der Waals surface area (Å²) in [6.07, 6.45) is -0.158. The maximum atomic E-state index is 12.7. The van der Waals surface area contributed by atoms with Crippen LogP contribution in [0.5, 0.6) is 5.75 Å². The number of nitrogens with zero attached hydrogens (tertiary/aromatic N) is 2. The molecule has 1 aromatic carbocycles. The lowest BCUT2D eigenvalue weighted by Crippen LogP contribution is -2.52. The van der Waals surface area contributed by atoms with E-state index in [1.807, 2.05) is 6.92 Å². The quantitative estimate of drug-likeness (QED) is 0.757. The summed E-state index contributed by atoms with van der Waals surface area (Å²) in [5.41, 5.74) is 1.01. The third kappa shape index (κ3) is 3.81. The van der Waals surface area contributed by atoms with Gasteiger partial charge in [0, 0.05) is 23.6 Å². The first-order valence-corrected chi connectivity index (χ1v) is 8.51. The van der Waals surface area contributed by atoms with Gasteiger partial charge >= 0.3 is 0 Å². The third-order valence-electron chi connectivity index (χ3n) is 3.98. The van der Waals surface area contributed by atoms with Crippen molar-refractivity contribution in [1.29, 1.82) is 0 Å². The molecule has 1 aliphatic rings. The van der Waals surface area contributed by atoms with E-state index < -0.39 is 6.29 Å². The molecule has 1 aromatic heterocycles. The maximum Gasteiger partial charge on any atom is 0.260 e. The summed E-state index contributed by atoms with van der Waals surface area (Å²) in [6, 6.07) is 6.53. The first-order valence-electron chi connectivity index (χ1n) is 8.14. The van der Waals surface area contributed by atoms with E-state index in [4.69, 9.17) is 16.3 Å². The average molecular weight is 378 g/mol. The Labute approximate surface area is 155 Å². The van der Waals surface area contributed by atoms with Gasteiger partial charge in [0.15, 0.2) is 6.29 Å². The van der Waals surface area contributed by atoms with Crippen LogP contribution in [0.2, 0.25) is 5.02 Å². The lowest BCUT2D eigenvalue weighted by Gasteiger charge is -2.30. The molecule has 138 valence electrons. The van der Waals surface area contributed by atoms with Crippen molar-refractivity contribution < 1.29 is 14.3 Å². The van der Waals surface area contributed by atoms with Gasteiger partial charge in [0.1, 0.15) is 11.6 Å². The molecule has 2 aromatic rings. The molecule has 0 saturated carbocycles. The smallest absolute Gasteiger partial charge is 0.260 e. The zero-order valence-corrected chi connectivity index (χ0v) is 15.4. The number of anilines is 1. The second kappa shape index (κ2) is 7.35. The van der Waals surface area contributed by atoms with E-state index in [0.717, 1.165) is 0 Å². The van der Waals surface area contributed by atoms with Gasteiger partial charge in [-0.1, -0.05) is 11.6 Å². The third-order valence-corrected chi connectivity index (χ3v) is 4.22. The number of halogens is 1. The van der Waals surface area contributed by atoms with Gasteiger partial charge in [-0.3, -0.25) is 14.9 Å². The normalized spacial score (nSPS) is 19.8. The summed E-state index contributed by atoms with van der Waals surface area (Å²) in [4.78, 5) is 24.5. The van der Waals surface area contributed by atoms with E-state index in [9.17, 15) is 9.59 Å². The number of ether oxygens (including phenoxy) is 1. The van der Waals surface area contributed by atoms with Crippen LogP contribution in [0.4, 0.5) is 5.82 Å². The van der Waals surface area contributed by atoms with Crippen LogP contribution in [0.25, 0.3) is 0 Å². The van der Waals surface area contributed by atoms with Crippen molar-refractivity contribution in [1.82, 2.24) is 20.4 Å². The van der Waals surface area contributed by atoms with Crippen molar-refractivity contribution in [3.8, 4) is 5.75 Å². The Bertz CT molecular complexity index is 851. The Balaban J connectivity index is 1.88. The first kappa shape index (κ1) is 18.2. The van der Waals surface area contributed by atoms with Crippen molar-refractivity contribution in [3.05, 3.63) is 40.5 Å². The second-order valence-electron chi connectivity index (χ2n) is 6.16. The largest absolute Gasteiger partial charge is 0.496 e. The molecule has 0 radical (unpaired) electrons. The van der Waals surface area contributed by atoms with Gasteiger partial charge in [-0.15, -0.1) is 0 Å². The van der Waals surface area contributed by atoms with Gasteiger partial charge in [0.05, 0.1) is 18.4 Å². The Morgan fingerprint density at radius 2 is 2.19 bits per heavy atom. The topological polar surface area (TPSA) is 97.3 Å². The first-order chi connectivity index (χ1) is 12.4. The molecular weight excluding hydrogens is 358 g/mol. The number of carbonyl (C=O) groups excluding carboxylic acids is 2. The van der Waals surface area contributed by atoms with Crippen LogP contribution in [-0.2, 0) is 4.79 Å². The number of hydrogen-bond acceptors (Lipinski definition) is 5. The minimum absolute atomic E-state index is 0.00479. The molecule has 26 heavy (non-hydrogen) atoms. The van der Waals surface area contributed by atoms with Crippen LogP contribution < -0.4 is 20.7 Å². The average Bonchev–Trinajstić information content (AvgIpc) is 2.94. The number of aryl methyl sites for hydroxylation is 1. The van der Waals surface area contributed by atoms with Crippen LogP contribution in [0, 0.1) is 6.92 Å². The maximum absolute atomic E-state index is 12.7. The Morgan fingerprint density at radius 1 is 1.42 bits per heavy atom. The number of carbonyl (C=O) groups is 2. The standard InChI is InChI=1S/C17H20ClN5O3/c1-9-7-15(24)21-17(19-9)23-14(6-10(2)22-23)20-16(25)12-8-11(18)4-5-13(12)26-3/h4-6,8-9,17,19H,7H2,1-3H3,(H,20,25)(H,21,24). The number of nitrogens with one attached hydrogen (secondary N) is 3. The predicted molar refractivity (Wildman–Crippen MR) is 97.3 cm³/mol. The van der Waals surface area contributed by atoms with Crippen molar-refractivity contribution in [2.75, 3.05) is 12.4 Å². The summed E-state index contributed by atoms with van der Waals surface area (Å²) < 4.78 is 6.77. The van der Waals surface area contributed by atoms with E-state index in [0.29, 0.717) is 34.3 Å². The highest BCUT2D eigenvalue weighted by atomic mass is 35.5. The van der Waals surface area contributed by atoms with E-state index in [1.54, 1.807) is 25.1 Å². The summed E-state index contributed by atoms with van der Waals surface area (Å²) in [5.74, 6) is 0.387. The molecule has 2 heterocycles. The van der Waals surface area contributed by atoms with Crippen LogP contribution in [0.3, 0.4) is 0 Å². The Hall–Kier alpha value is -2.58. The van der Waals surface area contributed by atoms with Crippen molar-refractivity contribution in [2.24, 2.45) is 0 Å². The van der Waals surface area contributed by atoms with E-state index in [1.165, 1.54) is 17.9 Å². The SMILES string of the molecule is COc1ccc(Cl)cc1C(=O)Nc1cc(C)nn1C1NC(=O)CC(C)N1. The molecule has 2 unspecified atom stereocenters. The highest BCUT2D eigenvalue weighted by Gasteiger charge is 2.27. The fourth-order valence-corrected chi connectivity index (χ4v) is 3.01. The number of amides is 2. The van der Waals surface area contributed by atoms with Crippen LogP contribution in [0.1, 0.15) is 35.7 Å². The number of benzene rings is 1. The monoisotopic (exact) mass is 377 g/mol. The summed E-state index contributed by atoms with van der Waals surface area (Å²) in [6.45, 7) is 3.72. The Morgan fingerprint density at radius 3 is 2.88 bits per heavy atom. The fourth-order valence-electron chi connectivity index (χ4n) is 2.84. The van der Waals surface area contributed by atoms with E-state index in [2.05, 4.69) is 21.0 Å². The lowest BCUT2D eigenvalue weighted by atomic mass is 10.2. The second-order valence-corrected chi connectivity index (χ2v) is 6.59. The van der Waals surface area contributed by atoms with Crippen LogP contribution in [0.15, 0.2) is 24.3 Å². The zero-order valence-electron chi connectivity index (χ0n) is 14.7. The molecule has 3 N–H and O–H groups in total. The van der Waals surface area contributed by atoms with Crippen LogP contribution in [-0.4, -0.2) is 34.7 Å². The number of aromatic nitrogens is 2. The summed E-state index contributed by atoms with van der Waals surface area (Å²) >= 11 is 6.00. The minimum atomic E-state index is -0.545. The van der Waals surface area contributed by atoms with Crippen molar-refractivity contribution in [3.63, 3.8) is 0 Å². The lowest BCUT2D eigenvalue weighted by molar-refractivity contribution is -0.125. The highest BCUT2D eigenvalue weighted by molar-refractivity contribution is 6.31. The van der Waals surface area contributed by atoms with Gasteiger partial charge < -0.3 is 15.4 Å². The molecule has 1 fully saturated rings. The molecule has 0 bridgehead atoms. The highest BCUT2D eigenvalue weighted by Crippen LogP contribution is 2.24. The van der Waals surface area contributed by atoms with Gasteiger partial charge in [-0.2, -0.15) is 5.10 Å². The molecule has 1 aliphatic heterocycles. The van der Waals surface area contributed by atoms with E-state index >= 15 is 0 Å². The van der Waals surface area contributed by atoms with Gasteiger partial charge in [-0.05, 0) is 32.0 Å². The van der Waals surface area contributed by atoms with Crippen molar-refractivity contribution >= 4 is 29.2 Å². The van der Waals surface area contributed by atoms with Crippen molar-refractivity contribution in [2.45, 2.75) is 32.6 Å². The van der Waals surface area contributed by atoms with Crippen LogP contribution >= 0.6 is 11.6 Å². The summed E-state index contributed by atoms with van der Waals surface area (Å²) in [5, 5.41) is 13.7. The molecular formula is C17H20ClN5O3. The van der Waals surface area contributed by atoms with E-state index in [-0.39, 0.29) is 17.9 Å². The van der Waals surface area contributed by atoms with Gasteiger partial charge in [0.25, 0.3) is 5.91 Å². The molecule has 0 spiro atoms.